The molecule has 2 rings (SSSR count). The van der Waals surface area contributed by atoms with Crippen molar-refractivity contribution in [3.63, 3.8) is 0 Å². The molecule has 2 fully saturated rings. The Bertz CT molecular complexity index is 262. The van der Waals surface area contributed by atoms with Crippen molar-refractivity contribution in [1.29, 1.82) is 0 Å². The lowest BCUT2D eigenvalue weighted by atomic mass is 10.2. The van der Waals surface area contributed by atoms with Crippen LogP contribution in [0, 0.1) is 0 Å². The van der Waals surface area contributed by atoms with E-state index in [1.807, 2.05) is 9.80 Å². The van der Waals surface area contributed by atoms with Crippen molar-refractivity contribution < 1.29 is 9.59 Å². The van der Waals surface area contributed by atoms with Crippen molar-refractivity contribution in [3.8, 4) is 0 Å². The predicted octanol–water partition coefficient (Wildman–Crippen LogP) is 0.966. The molecule has 0 aromatic rings. The number of carbonyl (C=O) groups is 2. The van der Waals surface area contributed by atoms with Crippen LogP contribution >= 0.6 is 0 Å². The Balaban J connectivity index is 2.01. The van der Waals surface area contributed by atoms with Gasteiger partial charge in [-0.15, -0.1) is 0 Å². The van der Waals surface area contributed by atoms with Crippen LogP contribution in [0.4, 0.5) is 0 Å². The molecule has 2 heterocycles. The van der Waals surface area contributed by atoms with E-state index in [-0.39, 0.29) is 23.9 Å². The Labute approximate surface area is 90.2 Å². The van der Waals surface area contributed by atoms with Gasteiger partial charge in [0.1, 0.15) is 0 Å². The normalized spacial score (nSPS) is 31.9. The number of nitrogens with zero attached hydrogens (tertiary/aromatic N) is 2. The maximum absolute atomic E-state index is 11.6. The summed E-state index contributed by atoms with van der Waals surface area (Å²) in [5.41, 5.74) is 0. The number of amides is 2. The van der Waals surface area contributed by atoms with Crippen molar-refractivity contribution >= 4 is 11.8 Å². The molecular formula is C11H18N2O2. The van der Waals surface area contributed by atoms with E-state index in [1.165, 1.54) is 0 Å². The van der Waals surface area contributed by atoms with Crippen molar-refractivity contribution in [2.24, 2.45) is 0 Å². The van der Waals surface area contributed by atoms with Gasteiger partial charge >= 0.3 is 0 Å². The lowest BCUT2D eigenvalue weighted by Gasteiger charge is -2.30. The van der Waals surface area contributed by atoms with Gasteiger partial charge in [0.25, 0.3) is 0 Å². The molecule has 2 aliphatic rings. The zero-order valence-electron chi connectivity index (χ0n) is 9.40. The van der Waals surface area contributed by atoms with Gasteiger partial charge in [-0.1, -0.05) is 0 Å². The fourth-order valence-electron chi connectivity index (χ4n) is 2.36. The molecule has 0 N–H and O–H groups in total. The number of likely N-dealkylation sites (tertiary alicyclic amines) is 2. The molecule has 2 atom stereocenters. The molecule has 0 spiro atoms. The van der Waals surface area contributed by atoms with Crippen LogP contribution in [-0.2, 0) is 9.59 Å². The molecule has 2 aliphatic heterocycles. The molecule has 0 aliphatic carbocycles. The molecule has 84 valence electrons. The van der Waals surface area contributed by atoms with Crippen LogP contribution < -0.4 is 0 Å². The summed E-state index contributed by atoms with van der Waals surface area (Å²) in [5, 5.41) is 0. The summed E-state index contributed by atoms with van der Waals surface area (Å²) in [7, 11) is 0. The van der Waals surface area contributed by atoms with Gasteiger partial charge in [-0.2, -0.15) is 0 Å². The zero-order valence-corrected chi connectivity index (χ0v) is 9.40. The van der Waals surface area contributed by atoms with Gasteiger partial charge in [0.2, 0.25) is 11.8 Å². The van der Waals surface area contributed by atoms with Gasteiger partial charge < -0.3 is 9.80 Å². The van der Waals surface area contributed by atoms with Gasteiger partial charge in [-0.3, -0.25) is 9.59 Å². The molecule has 2 amide bonds. The van der Waals surface area contributed by atoms with Gasteiger partial charge in [-0.25, -0.2) is 0 Å². The largest absolute Gasteiger partial charge is 0.322 e. The van der Waals surface area contributed by atoms with E-state index in [2.05, 4.69) is 13.8 Å². The van der Waals surface area contributed by atoms with E-state index in [1.54, 1.807) is 0 Å². The molecule has 2 saturated heterocycles. The van der Waals surface area contributed by atoms with Crippen LogP contribution in [0.15, 0.2) is 0 Å². The molecule has 15 heavy (non-hydrogen) atoms. The Morgan fingerprint density at radius 3 is 1.67 bits per heavy atom. The first-order valence-corrected chi connectivity index (χ1v) is 5.68. The van der Waals surface area contributed by atoms with E-state index in [0.717, 1.165) is 12.8 Å². The smallest absolute Gasteiger partial charge is 0.224 e. The highest BCUT2D eigenvalue weighted by Gasteiger charge is 2.34. The SMILES string of the molecule is C[C@@H]1CCC(=O)N1CN1C(=O)CC[C@H]1C. The molecular weight excluding hydrogens is 192 g/mol. The summed E-state index contributed by atoms with van der Waals surface area (Å²) in [6, 6.07) is 0.580. The van der Waals surface area contributed by atoms with Crippen molar-refractivity contribution in [3.05, 3.63) is 0 Å². The summed E-state index contributed by atoms with van der Waals surface area (Å²) in [5.74, 6) is 0.379. The quantitative estimate of drug-likeness (QED) is 0.681. The number of carbonyl (C=O) groups excluding carboxylic acids is 2. The van der Waals surface area contributed by atoms with Gasteiger partial charge in [-0.05, 0) is 26.7 Å². The minimum Gasteiger partial charge on any atom is -0.322 e. The maximum Gasteiger partial charge on any atom is 0.224 e. The van der Waals surface area contributed by atoms with Crippen LogP contribution in [0.2, 0.25) is 0 Å². The van der Waals surface area contributed by atoms with Crippen LogP contribution in [0.25, 0.3) is 0 Å². The highest BCUT2D eigenvalue weighted by Crippen LogP contribution is 2.23. The van der Waals surface area contributed by atoms with Crippen LogP contribution in [0.3, 0.4) is 0 Å². The lowest BCUT2D eigenvalue weighted by molar-refractivity contribution is -0.136. The summed E-state index contributed by atoms with van der Waals surface area (Å²) in [4.78, 5) is 26.8. The molecule has 4 nitrogen and oxygen atoms in total. The van der Waals surface area contributed by atoms with Crippen molar-refractivity contribution in [2.45, 2.75) is 51.6 Å². The lowest BCUT2D eigenvalue weighted by Crippen LogP contribution is -2.44. The first-order valence-electron chi connectivity index (χ1n) is 5.68. The third kappa shape index (κ3) is 1.85. The maximum atomic E-state index is 11.6. The van der Waals surface area contributed by atoms with Crippen LogP contribution in [0.5, 0.6) is 0 Å². The molecule has 0 radical (unpaired) electrons. The van der Waals surface area contributed by atoms with Crippen molar-refractivity contribution in [1.82, 2.24) is 9.80 Å². The standard InChI is InChI=1S/C11H18N2O2/c1-8-3-5-10(14)12(8)7-13-9(2)4-6-11(13)15/h8-9H,3-7H2,1-2H3/t8-,9-/m1/s1. The Morgan fingerprint density at radius 1 is 1.00 bits per heavy atom. The van der Waals surface area contributed by atoms with Crippen LogP contribution in [0.1, 0.15) is 39.5 Å². The Morgan fingerprint density at radius 2 is 1.40 bits per heavy atom. The predicted molar refractivity (Wildman–Crippen MR) is 56.0 cm³/mol. The second-order valence-electron chi connectivity index (χ2n) is 4.64. The third-order valence-corrected chi connectivity index (χ3v) is 3.56. The average molecular weight is 210 g/mol. The van der Waals surface area contributed by atoms with E-state index < -0.39 is 0 Å². The van der Waals surface area contributed by atoms with Gasteiger partial charge in [0.15, 0.2) is 0 Å². The highest BCUT2D eigenvalue weighted by molar-refractivity contribution is 5.81. The van der Waals surface area contributed by atoms with E-state index in [4.69, 9.17) is 0 Å². The number of rotatable bonds is 2. The van der Waals surface area contributed by atoms with E-state index in [0.29, 0.717) is 19.5 Å². The zero-order chi connectivity index (χ0) is 11.0. The van der Waals surface area contributed by atoms with Crippen LogP contribution in [-0.4, -0.2) is 40.4 Å². The molecule has 0 bridgehead atoms. The Hall–Kier alpha value is -1.06. The minimum absolute atomic E-state index is 0.189. The van der Waals surface area contributed by atoms with E-state index >= 15 is 0 Å². The third-order valence-electron chi connectivity index (χ3n) is 3.56. The van der Waals surface area contributed by atoms with Gasteiger partial charge in [0.05, 0.1) is 6.67 Å². The fraction of sp³-hybridized carbons (Fsp3) is 0.818. The Kier molecular flexibility index (Phi) is 2.67. The first kappa shape index (κ1) is 10.5. The topological polar surface area (TPSA) is 40.6 Å². The summed E-state index contributed by atoms with van der Waals surface area (Å²) < 4.78 is 0. The second kappa shape index (κ2) is 3.83. The molecule has 4 heteroatoms. The average Bonchev–Trinajstić information content (AvgIpc) is 2.67. The summed E-state index contributed by atoms with van der Waals surface area (Å²) in [6.07, 6.45) is 3.12. The molecule has 0 aromatic carbocycles. The summed E-state index contributed by atoms with van der Waals surface area (Å²) in [6.45, 7) is 4.60. The molecule has 0 aromatic heterocycles. The number of hydrogen-bond donors (Lipinski definition) is 0. The minimum atomic E-state index is 0.189. The monoisotopic (exact) mass is 210 g/mol. The first-order chi connectivity index (χ1) is 7.09. The fourth-order valence-corrected chi connectivity index (χ4v) is 2.36. The second-order valence-corrected chi connectivity index (χ2v) is 4.64. The molecule has 0 unspecified atom stereocenters. The van der Waals surface area contributed by atoms with E-state index in [9.17, 15) is 9.59 Å². The highest BCUT2D eigenvalue weighted by atomic mass is 16.2. The van der Waals surface area contributed by atoms with Crippen molar-refractivity contribution in [2.75, 3.05) is 6.67 Å². The molecule has 0 saturated carbocycles. The number of hydrogen-bond acceptors (Lipinski definition) is 2. The summed E-state index contributed by atoms with van der Waals surface area (Å²) >= 11 is 0. The van der Waals surface area contributed by atoms with Gasteiger partial charge in [0, 0.05) is 24.9 Å².